The van der Waals surface area contributed by atoms with Crippen LogP contribution in [0.1, 0.15) is 6.92 Å². The van der Waals surface area contributed by atoms with Crippen LogP contribution in [0.5, 0.6) is 5.75 Å². The van der Waals surface area contributed by atoms with Crippen LogP contribution in [0, 0.1) is 0 Å². The number of hydrogen-bond acceptors (Lipinski definition) is 5. The highest BCUT2D eigenvalue weighted by atomic mass is 79.9. The summed E-state index contributed by atoms with van der Waals surface area (Å²) in [6.07, 6.45) is 0. The molecular weight excluding hydrogens is 444 g/mol. The van der Waals surface area contributed by atoms with Gasteiger partial charge in [-0.25, -0.2) is 21.1 Å². The van der Waals surface area contributed by atoms with Crippen molar-refractivity contribution >= 4 is 41.7 Å². The molecule has 0 aliphatic heterocycles. The molecule has 2 rings (SSSR count). The summed E-state index contributed by atoms with van der Waals surface area (Å²) in [5, 5.41) is 0. The third-order valence-electron chi connectivity index (χ3n) is 3.38. The van der Waals surface area contributed by atoms with Crippen LogP contribution in [0.3, 0.4) is 0 Å². The Morgan fingerprint density at radius 3 is 2.19 bits per heavy atom. The van der Waals surface area contributed by atoms with E-state index < -0.39 is 20.0 Å². The standard InChI is InChI=1S/C16H19BrN2O5S2/c1-4-24-15-10-7-13(11-16(15)26(22,23)19(2)3)18-25(20,21)14-8-5-12(17)6-9-14/h5-11,18H,4H2,1-3H3. The van der Waals surface area contributed by atoms with Gasteiger partial charge in [0.2, 0.25) is 10.0 Å². The van der Waals surface area contributed by atoms with Crippen LogP contribution >= 0.6 is 15.9 Å². The van der Waals surface area contributed by atoms with Gasteiger partial charge in [0.1, 0.15) is 10.6 Å². The molecule has 0 unspecified atom stereocenters. The molecule has 0 aromatic heterocycles. The first-order valence-corrected chi connectivity index (χ1v) is 11.3. The minimum Gasteiger partial charge on any atom is -0.492 e. The van der Waals surface area contributed by atoms with Crippen LogP contribution in [-0.2, 0) is 20.0 Å². The second kappa shape index (κ2) is 7.95. The third kappa shape index (κ3) is 4.56. The lowest BCUT2D eigenvalue weighted by molar-refractivity contribution is 0.330. The quantitative estimate of drug-likeness (QED) is 0.682. The van der Waals surface area contributed by atoms with Gasteiger partial charge in [0, 0.05) is 18.6 Å². The largest absolute Gasteiger partial charge is 0.492 e. The number of ether oxygens (including phenoxy) is 1. The van der Waals surface area contributed by atoms with E-state index in [1.165, 1.54) is 44.4 Å². The number of nitrogens with one attached hydrogen (secondary N) is 1. The van der Waals surface area contributed by atoms with Gasteiger partial charge in [0.05, 0.1) is 17.2 Å². The number of rotatable bonds is 7. The van der Waals surface area contributed by atoms with Crippen molar-refractivity contribution < 1.29 is 21.6 Å². The molecule has 0 amide bonds. The van der Waals surface area contributed by atoms with Gasteiger partial charge in [-0.3, -0.25) is 4.72 Å². The van der Waals surface area contributed by atoms with Crippen molar-refractivity contribution in [2.75, 3.05) is 25.4 Å². The van der Waals surface area contributed by atoms with E-state index >= 15 is 0 Å². The molecule has 0 aliphatic rings. The van der Waals surface area contributed by atoms with E-state index in [0.717, 1.165) is 8.78 Å². The Hall–Kier alpha value is -1.62. The Morgan fingerprint density at radius 1 is 1.04 bits per heavy atom. The molecule has 2 aromatic rings. The van der Waals surface area contributed by atoms with Gasteiger partial charge in [0.15, 0.2) is 0 Å². The van der Waals surface area contributed by atoms with Crippen molar-refractivity contribution in [3.05, 3.63) is 46.9 Å². The Balaban J connectivity index is 2.46. The number of hydrogen-bond donors (Lipinski definition) is 1. The number of nitrogens with zero attached hydrogens (tertiary/aromatic N) is 1. The van der Waals surface area contributed by atoms with Crippen molar-refractivity contribution in [3.8, 4) is 5.75 Å². The van der Waals surface area contributed by atoms with E-state index in [0.29, 0.717) is 0 Å². The van der Waals surface area contributed by atoms with Gasteiger partial charge >= 0.3 is 0 Å². The number of anilines is 1. The molecule has 1 N–H and O–H groups in total. The van der Waals surface area contributed by atoms with E-state index in [2.05, 4.69) is 20.7 Å². The maximum Gasteiger partial charge on any atom is 0.261 e. The Bertz CT molecular complexity index is 988. The number of halogens is 1. The van der Waals surface area contributed by atoms with Crippen LogP contribution in [0.15, 0.2) is 56.7 Å². The fourth-order valence-corrected chi connectivity index (χ4v) is 4.44. The molecule has 0 radical (unpaired) electrons. The summed E-state index contributed by atoms with van der Waals surface area (Å²) in [4.78, 5) is -0.0491. The van der Waals surface area contributed by atoms with Gasteiger partial charge in [0.25, 0.3) is 10.0 Å². The zero-order valence-electron chi connectivity index (χ0n) is 14.4. The van der Waals surface area contributed by atoms with Crippen molar-refractivity contribution in [2.24, 2.45) is 0 Å². The average Bonchev–Trinajstić information content (AvgIpc) is 2.56. The van der Waals surface area contributed by atoms with Gasteiger partial charge < -0.3 is 4.74 Å². The summed E-state index contributed by atoms with van der Waals surface area (Å²) >= 11 is 3.25. The Kier molecular flexibility index (Phi) is 6.33. The highest BCUT2D eigenvalue weighted by Gasteiger charge is 2.24. The van der Waals surface area contributed by atoms with Gasteiger partial charge in [-0.15, -0.1) is 0 Å². The molecule has 0 saturated carbocycles. The normalized spacial score (nSPS) is 12.2. The molecule has 0 fully saturated rings. The first-order valence-electron chi connectivity index (χ1n) is 7.55. The first kappa shape index (κ1) is 20.7. The summed E-state index contributed by atoms with van der Waals surface area (Å²) in [6.45, 7) is 2.01. The smallest absolute Gasteiger partial charge is 0.261 e. The highest BCUT2D eigenvalue weighted by molar-refractivity contribution is 9.10. The molecule has 0 atom stereocenters. The van der Waals surface area contributed by atoms with Crippen molar-refractivity contribution in [3.63, 3.8) is 0 Å². The number of benzene rings is 2. The molecule has 26 heavy (non-hydrogen) atoms. The summed E-state index contributed by atoms with van der Waals surface area (Å²) in [7, 11) is -4.88. The van der Waals surface area contributed by atoms with E-state index in [1.54, 1.807) is 19.1 Å². The van der Waals surface area contributed by atoms with Crippen LogP contribution < -0.4 is 9.46 Å². The van der Waals surface area contributed by atoms with Gasteiger partial charge in [-0.05, 0) is 49.4 Å². The second-order valence-electron chi connectivity index (χ2n) is 5.44. The zero-order chi connectivity index (χ0) is 19.5. The lowest BCUT2D eigenvalue weighted by Gasteiger charge is -2.17. The summed E-state index contributed by atoms with van der Waals surface area (Å²) in [5.74, 6) is 0.160. The molecule has 142 valence electrons. The lowest BCUT2D eigenvalue weighted by atomic mass is 10.3. The van der Waals surface area contributed by atoms with Crippen LogP contribution in [0.25, 0.3) is 0 Å². The third-order valence-corrected chi connectivity index (χ3v) is 7.14. The topological polar surface area (TPSA) is 92.8 Å². The second-order valence-corrected chi connectivity index (χ2v) is 10.2. The fourth-order valence-electron chi connectivity index (χ4n) is 2.07. The molecule has 0 heterocycles. The monoisotopic (exact) mass is 462 g/mol. The minimum absolute atomic E-state index is 0.0617. The van der Waals surface area contributed by atoms with Crippen molar-refractivity contribution in [2.45, 2.75) is 16.7 Å². The van der Waals surface area contributed by atoms with Crippen molar-refractivity contribution in [1.29, 1.82) is 0 Å². The summed E-state index contributed by atoms with van der Waals surface area (Å²) in [6, 6.07) is 10.2. The minimum atomic E-state index is -3.86. The van der Waals surface area contributed by atoms with E-state index in [1.807, 2.05) is 0 Å². The van der Waals surface area contributed by atoms with Crippen molar-refractivity contribution in [1.82, 2.24) is 4.31 Å². The van der Waals surface area contributed by atoms with Crippen LogP contribution in [-0.4, -0.2) is 41.8 Å². The molecule has 0 spiro atoms. The number of sulfonamides is 2. The first-order chi connectivity index (χ1) is 12.1. The van der Waals surface area contributed by atoms with Gasteiger partial charge in [-0.2, -0.15) is 0 Å². The molecule has 0 aliphatic carbocycles. The SMILES string of the molecule is CCOc1ccc(NS(=O)(=O)c2ccc(Br)cc2)cc1S(=O)(=O)N(C)C. The predicted octanol–water partition coefficient (Wildman–Crippen LogP) is 2.90. The molecule has 10 heteroatoms. The highest BCUT2D eigenvalue weighted by Crippen LogP contribution is 2.30. The Labute approximate surface area is 162 Å². The van der Waals surface area contributed by atoms with E-state index in [4.69, 9.17) is 4.74 Å². The molecule has 7 nitrogen and oxygen atoms in total. The maximum absolute atomic E-state index is 12.5. The molecular formula is C16H19BrN2O5S2. The van der Waals surface area contributed by atoms with E-state index in [9.17, 15) is 16.8 Å². The van der Waals surface area contributed by atoms with E-state index in [-0.39, 0.29) is 27.8 Å². The molecule has 0 bridgehead atoms. The summed E-state index contributed by atoms with van der Waals surface area (Å²) in [5.41, 5.74) is 0.122. The molecule has 2 aromatic carbocycles. The average molecular weight is 463 g/mol. The van der Waals surface area contributed by atoms with Crippen LogP contribution in [0.4, 0.5) is 5.69 Å². The maximum atomic E-state index is 12.5. The van der Waals surface area contributed by atoms with Gasteiger partial charge in [-0.1, -0.05) is 15.9 Å². The molecule has 0 saturated heterocycles. The summed E-state index contributed by atoms with van der Waals surface area (Å²) < 4.78 is 59.6. The zero-order valence-corrected chi connectivity index (χ0v) is 17.7. The lowest BCUT2D eigenvalue weighted by Crippen LogP contribution is -2.23. The predicted molar refractivity (Wildman–Crippen MR) is 103 cm³/mol. The Morgan fingerprint density at radius 2 is 1.65 bits per heavy atom. The van der Waals surface area contributed by atoms with Crippen LogP contribution in [0.2, 0.25) is 0 Å². The fraction of sp³-hybridized carbons (Fsp3) is 0.250.